The van der Waals surface area contributed by atoms with Crippen LogP contribution in [0.2, 0.25) is 0 Å². The molecule has 1 saturated heterocycles. The van der Waals surface area contributed by atoms with Crippen molar-refractivity contribution >= 4 is 11.6 Å². The molecule has 1 heterocycles. The SMILES string of the molecule is CCC(C)C(C)N1C(=O)CNC1c1ccc([N+](=O)[O-])cc1. The van der Waals surface area contributed by atoms with Gasteiger partial charge in [0.15, 0.2) is 0 Å². The van der Waals surface area contributed by atoms with E-state index in [1.165, 1.54) is 12.1 Å². The zero-order valence-electron chi connectivity index (χ0n) is 12.6. The van der Waals surface area contributed by atoms with Gasteiger partial charge >= 0.3 is 0 Å². The first kappa shape index (κ1) is 15.4. The molecule has 21 heavy (non-hydrogen) atoms. The number of amides is 1. The lowest BCUT2D eigenvalue weighted by Gasteiger charge is -2.34. The number of benzene rings is 1. The molecule has 0 aromatic heterocycles. The highest BCUT2D eigenvalue weighted by Crippen LogP contribution is 2.29. The van der Waals surface area contributed by atoms with Gasteiger partial charge < -0.3 is 4.90 Å². The van der Waals surface area contributed by atoms with E-state index in [-0.39, 0.29) is 23.8 Å². The minimum Gasteiger partial charge on any atom is -0.319 e. The monoisotopic (exact) mass is 291 g/mol. The number of nitro benzene ring substituents is 1. The van der Waals surface area contributed by atoms with E-state index >= 15 is 0 Å². The number of rotatable bonds is 5. The van der Waals surface area contributed by atoms with Crippen molar-refractivity contribution in [2.45, 2.75) is 39.4 Å². The van der Waals surface area contributed by atoms with Gasteiger partial charge in [0.2, 0.25) is 5.91 Å². The summed E-state index contributed by atoms with van der Waals surface area (Å²) < 4.78 is 0. The Bertz CT molecular complexity index is 529. The van der Waals surface area contributed by atoms with Crippen LogP contribution >= 0.6 is 0 Å². The quantitative estimate of drug-likeness (QED) is 0.668. The maximum atomic E-state index is 12.2. The smallest absolute Gasteiger partial charge is 0.269 e. The first-order valence-corrected chi connectivity index (χ1v) is 7.24. The largest absolute Gasteiger partial charge is 0.319 e. The molecule has 6 nitrogen and oxygen atoms in total. The molecule has 114 valence electrons. The highest BCUT2D eigenvalue weighted by Gasteiger charge is 2.36. The fraction of sp³-hybridized carbons (Fsp3) is 0.533. The minimum atomic E-state index is -0.420. The van der Waals surface area contributed by atoms with Crippen LogP contribution in [0.4, 0.5) is 5.69 Å². The van der Waals surface area contributed by atoms with Crippen molar-refractivity contribution in [3.8, 4) is 0 Å². The molecule has 1 aliphatic heterocycles. The number of non-ortho nitro benzene ring substituents is 1. The van der Waals surface area contributed by atoms with Crippen LogP contribution < -0.4 is 5.32 Å². The van der Waals surface area contributed by atoms with Crippen LogP contribution in [0.25, 0.3) is 0 Å². The molecular formula is C15H21N3O3. The maximum absolute atomic E-state index is 12.2. The lowest BCUT2D eigenvalue weighted by atomic mass is 9.98. The summed E-state index contributed by atoms with van der Waals surface area (Å²) in [5.74, 6) is 0.473. The molecule has 1 aromatic carbocycles. The van der Waals surface area contributed by atoms with Crippen LogP contribution in [-0.4, -0.2) is 28.3 Å². The fourth-order valence-electron chi connectivity index (χ4n) is 2.65. The standard InChI is InChI=1S/C15H21N3O3/c1-4-10(2)11(3)17-14(19)9-16-15(17)12-5-7-13(8-6-12)18(20)21/h5-8,10-11,15-16H,4,9H2,1-3H3. The summed E-state index contributed by atoms with van der Waals surface area (Å²) >= 11 is 0. The summed E-state index contributed by atoms with van der Waals surface area (Å²) in [6.45, 7) is 6.60. The molecule has 1 aromatic rings. The molecule has 0 saturated carbocycles. The van der Waals surface area contributed by atoms with Crippen molar-refractivity contribution < 1.29 is 9.72 Å². The van der Waals surface area contributed by atoms with Crippen molar-refractivity contribution in [2.75, 3.05) is 6.54 Å². The van der Waals surface area contributed by atoms with Gasteiger partial charge in [0.1, 0.15) is 6.17 Å². The molecule has 3 unspecified atom stereocenters. The van der Waals surface area contributed by atoms with Crippen molar-refractivity contribution in [1.82, 2.24) is 10.2 Å². The van der Waals surface area contributed by atoms with Crippen molar-refractivity contribution in [2.24, 2.45) is 5.92 Å². The van der Waals surface area contributed by atoms with E-state index in [2.05, 4.69) is 26.1 Å². The summed E-state index contributed by atoms with van der Waals surface area (Å²) in [4.78, 5) is 24.3. The zero-order chi connectivity index (χ0) is 15.6. The van der Waals surface area contributed by atoms with E-state index in [0.717, 1.165) is 12.0 Å². The second kappa shape index (κ2) is 6.22. The van der Waals surface area contributed by atoms with E-state index in [9.17, 15) is 14.9 Å². The molecule has 0 radical (unpaired) electrons. The number of carbonyl (C=O) groups is 1. The van der Waals surface area contributed by atoms with E-state index in [1.54, 1.807) is 12.1 Å². The first-order valence-electron chi connectivity index (χ1n) is 7.24. The van der Waals surface area contributed by atoms with Gasteiger partial charge in [-0.25, -0.2) is 0 Å². The Balaban J connectivity index is 2.24. The van der Waals surface area contributed by atoms with Crippen LogP contribution in [-0.2, 0) is 4.79 Å². The van der Waals surface area contributed by atoms with E-state index in [4.69, 9.17) is 0 Å². The third kappa shape index (κ3) is 3.05. The summed E-state index contributed by atoms with van der Waals surface area (Å²) in [5.41, 5.74) is 0.936. The van der Waals surface area contributed by atoms with E-state index < -0.39 is 4.92 Å². The molecule has 0 spiro atoms. The van der Waals surface area contributed by atoms with Gasteiger partial charge in [0.25, 0.3) is 5.69 Å². The van der Waals surface area contributed by atoms with Crippen LogP contribution in [0.15, 0.2) is 24.3 Å². The topological polar surface area (TPSA) is 75.5 Å². The second-order valence-corrected chi connectivity index (χ2v) is 5.56. The Labute approximate surface area is 124 Å². The van der Waals surface area contributed by atoms with Crippen LogP contribution in [0, 0.1) is 16.0 Å². The molecule has 1 aliphatic rings. The normalized spacial score (nSPS) is 21.4. The van der Waals surface area contributed by atoms with E-state index in [1.807, 2.05) is 4.90 Å². The fourth-order valence-corrected chi connectivity index (χ4v) is 2.65. The van der Waals surface area contributed by atoms with Crippen molar-refractivity contribution in [3.63, 3.8) is 0 Å². The van der Waals surface area contributed by atoms with Gasteiger partial charge in [-0.2, -0.15) is 0 Å². The number of nitrogens with one attached hydrogen (secondary N) is 1. The Morgan fingerprint density at radius 3 is 2.52 bits per heavy atom. The van der Waals surface area contributed by atoms with Crippen LogP contribution in [0.3, 0.4) is 0 Å². The van der Waals surface area contributed by atoms with Crippen LogP contribution in [0.1, 0.15) is 38.9 Å². The number of carbonyl (C=O) groups excluding carboxylic acids is 1. The first-order chi connectivity index (χ1) is 9.95. The van der Waals surface area contributed by atoms with Gasteiger partial charge in [0, 0.05) is 18.2 Å². The Morgan fingerprint density at radius 1 is 1.38 bits per heavy atom. The van der Waals surface area contributed by atoms with Crippen molar-refractivity contribution in [1.29, 1.82) is 0 Å². The number of nitrogens with zero attached hydrogens (tertiary/aromatic N) is 2. The highest BCUT2D eigenvalue weighted by atomic mass is 16.6. The van der Waals surface area contributed by atoms with E-state index in [0.29, 0.717) is 12.5 Å². The zero-order valence-corrected chi connectivity index (χ0v) is 12.6. The molecule has 6 heteroatoms. The van der Waals surface area contributed by atoms with Gasteiger partial charge in [-0.1, -0.05) is 20.3 Å². The summed E-state index contributed by atoms with van der Waals surface area (Å²) in [5, 5.41) is 13.9. The molecule has 0 bridgehead atoms. The lowest BCUT2D eigenvalue weighted by Crippen LogP contribution is -2.41. The predicted molar refractivity (Wildman–Crippen MR) is 79.6 cm³/mol. The number of nitro groups is 1. The number of hydrogen-bond donors (Lipinski definition) is 1. The highest BCUT2D eigenvalue weighted by molar-refractivity contribution is 5.81. The summed E-state index contributed by atoms with van der Waals surface area (Å²) in [6.07, 6.45) is 0.792. The number of hydrogen-bond acceptors (Lipinski definition) is 4. The Morgan fingerprint density at radius 2 is 2.00 bits per heavy atom. The van der Waals surface area contributed by atoms with Gasteiger partial charge in [-0.3, -0.25) is 20.2 Å². The average molecular weight is 291 g/mol. The molecular weight excluding hydrogens is 270 g/mol. The molecule has 1 amide bonds. The average Bonchev–Trinajstić information content (AvgIpc) is 2.87. The molecule has 1 N–H and O–H groups in total. The second-order valence-electron chi connectivity index (χ2n) is 5.56. The maximum Gasteiger partial charge on any atom is 0.269 e. The summed E-state index contributed by atoms with van der Waals surface area (Å²) in [6, 6.07) is 6.51. The minimum absolute atomic E-state index is 0.0598. The molecule has 2 rings (SSSR count). The Hall–Kier alpha value is -1.95. The lowest BCUT2D eigenvalue weighted by molar-refractivity contribution is -0.384. The molecule has 0 aliphatic carbocycles. The molecule has 1 fully saturated rings. The predicted octanol–water partition coefficient (Wildman–Crippen LogP) is 2.46. The molecule has 3 atom stereocenters. The van der Waals surface area contributed by atoms with Crippen LogP contribution in [0.5, 0.6) is 0 Å². The van der Waals surface area contributed by atoms with Gasteiger partial charge in [0.05, 0.1) is 11.5 Å². The summed E-state index contributed by atoms with van der Waals surface area (Å²) in [7, 11) is 0. The van der Waals surface area contributed by atoms with Gasteiger partial charge in [-0.15, -0.1) is 0 Å². The third-order valence-corrected chi connectivity index (χ3v) is 4.34. The van der Waals surface area contributed by atoms with Gasteiger partial charge in [-0.05, 0) is 30.5 Å². The third-order valence-electron chi connectivity index (χ3n) is 4.34. The Kier molecular flexibility index (Phi) is 4.57. The van der Waals surface area contributed by atoms with Crippen molar-refractivity contribution in [3.05, 3.63) is 39.9 Å².